The Kier molecular flexibility index (Phi) is 4.87. The summed E-state index contributed by atoms with van der Waals surface area (Å²) in [6.45, 7) is 0.500. The van der Waals surface area contributed by atoms with Gasteiger partial charge in [0.05, 0.1) is 41.8 Å². The highest BCUT2D eigenvalue weighted by atomic mass is 16.3. The Labute approximate surface area is 156 Å². The summed E-state index contributed by atoms with van der Waals surface area (Å²) >= 11 is 0. The van der Waals surface area contributed by atoms with Crippen molar-refractivity contribution in [2.45, 2.75) is 31.5 Å². The number of hydrogen-bond donors (Lipinski definition) is 3. The van der Waals surface area contributed by atoms with E-state index in [2.05, 4.69) is 15.3 Å². The molecule has 1 fully saturated rings. The quantitative estimate of drug-likeness (QED) is 0.616. The summed E-state index contributed by atoms with van der Waals surface area (Å²) in [5.41, 5.74) is 2.92. The molecule has 140 valence electrons. The Morgan fingerprint density at radius 2 is 2.11 bits per heavy atom. The van der Waals surface area contributed by atoms with E-state index in [9.17, 15) is 9.90 Å². The molecule has 1 amide bonds. The molecular weight excluding hydrogens is 344 g/mol. The molecule has 0 unspecified atom stereocenters. The molecule has 1 aliphatic rings. The van der Waals surface area contributed by atoms with Gasteiger partial charge in [0.1, 0.15) is 0 Å². The first-order chi connectivity index (χ1) is 13.2. The van der Waals surface area contributed by atoms with Crippen molar-refractivity contribution < 1.29 is 15.0 Å². The Bertz CT molecular complexity index is 935. The van der Waals surface area contributed by atoms with E-state index in [-0.39, 0.29) is 30.6 Å². The van der Waals surface area contributed by atoms with Crippen LogP contribution < -0.4 is 5.32 Å². The second-order valence-corrected chi connectivity index (χ2v) is 6.96. The third-order valence-electron chi connectivity index (χ3n) is 5.14. The van der Waals surface area contributed by atoms with Gasteiger partial charge >= 0.3 is 0 Å². The number of aromatic nitrogens is 3. The van der Waals surface area contributed by atoms with Gasteiger partial charge in [0.25, 0.3) is 5.91 Å². The number of benzene rings is 1. The van der Waals surface area contributed by atoms with E-state index >= 15 is 0 Å². The molecule has 0 radical (unpaired) electrons. The number of carbonyl (C=O) groups is 1. The lowest BCUT2D eigenvalue weighted by molar-refractivity contribution is 0.0228. The summed E-state index contributed by atoms with van der Waals surface area (Å²) in [6, 6.07) is 10.8. The highest BCUT2D eigenvalue weighted by Gasteiger charge is 2.36. The van der Waals surface area contributed by atoms with Gasteiger partial charge < -0.3 is 20.1 Å². The lowest BCUT2D eigenvalue weighted by atomic mass is 9.76. The summed E-state index contributed by atoms with van der Waals surface area (Å²) in [4.78, 5) is 21.6. The van der Waals surface area contributed by atoms with Crippen LogP contribution in [0.2, 0.25) is 0 Å². The lowest BCUT2D eigenvalue weighted by Crippen LogP contribution is -2.41. The zero-order valence-corrected chi connectivity index (χ0v) is 14.8. The molecule has 0 bridgehead atoms. The molecule has 1 saturated carbocycles. The average Bonchev–Trinajstić information content (AvgIpc) is 3.07. The lowest BCUT2D eigenvalue weighted by Gasteiger charge is -2.37. The summed E-state index contributed by atoms with van der Waals surface area (Å²) < 4.78 is 1.85. The summed E-state index contributed by atoms with van der Waals surface area (Å²) in [7, 11) is 0. The largest absolute Gasteiger partial charge is 0.395 e. The molecule has 0 saturated heterocycles. The van der Waals surface area contributed by atoms with Crippen LogP contribution in [0.4, 0.5) is 0 Å². The van der Waals surface area contributed by atoms with E-state index in [0.29, 0.717) is 30.5 Å². The van der Waals surface area contributed by atoms with Crippen molar-refractivity contribution in [3.63, 3.8) is 0 Å². The van der Waals surface area contributed by atoms with Crippen LogP contribution in [0.5, 0.6) is 0 Å². The van der Waals surface area contributed by atoms with Crippen molar-refractivity contribution in [2.24, 2.45) is 5.92 Å². The minimum absolute atomic E-state index is 0.0344. The summed E-state index contributed by atoms with van der Waals surface area (Å²) in [5.74, 6) is -0.0167. The van der Waals surface area contributed by atoms with Crippen molar-refractivity contribution in [3.05, 3.63) is 60.2 Å². The van der Waals surface area contributed by atoms with Gasteiger partial charge in [-0.05, 0) is 49.1 Å². The van der Waals surface area contributed by atoms with Crippen molar-refractivity contribution in [2.75, 3.05) is 6.61 Å². The molecule has 1 aromatic carbocycles. The van der Waals surface area contributed by atoms with Crippen LogP contribution in [0.25, 0.3) is 11.0 Å². The van der Waals surface area contributed by atoms with Crippen LogP contribution in [0, 0.1) is 5.92 Å². The molecular formula is C20H22N4O3. The first kappa shape index (κ1) is 17.6. The molecule has 2 aromatic heterocycles. The fourth-order valence-corrected chi connectivity index (χ4v) is 3.61. The highest BCUT2D eigenvalue weighted by Crippen LogP contribution is 2.37. The second-order valence-electron chi connectivity index (χ2n) is 6.96. The maximum Gasteiger partial charge on any atom is 0.251 e. The zero-order chi connectivity index (χ0) is 18.8. The SMILES string of the molecule is O=C(N[C@H](c1ccccn1)C1CC(O)C1)c1ccc2c(c1)ncn2CCO. The topological polar surface area (TPSA) is 100 Å². The molecule has 1 atom stereocenters. The number of nitrogens with one attached hydrogen (secondary N) is 1. The van der Waals surface area contributed by atoms with Crippen molar-refractivity contribution in [1.29, 1.82) is 0 Å². The minimum atomic E-state index is -0.301. The molecule has 7 heteroatoms. The van der Waals surface area contributed by atoms with Crippen molar-refractivity contribution in [1.82, 2.24) is 19.9 Å². The predicted octanol–water partition coefficient (Wildman–Crippen LogP) is 1.67. The maximum absolute atomic E-state index is 12.9. The second kappa shape index (κ2) is 7.46. The maximum atomic E-state index is 12.9. The Balaban J connectivity index is 1.56. The number of aliphatic hydroxyl groups excluding tert-OH is 2. The standard InChI is InChI=1S/C20H22N4O3/c25-8-7-24-12-22-17-11-13(4-5-18(17)24)20(27)23-19(14-9-15(26)10-14)16-3-1-2-6-21-16/h1-6,11-12,14-15,19,25-26H,7-10H2,(H,23,27)/t14?,15?,19-/m0/s1. The normalized spacial score (nSPS) is 20.2. The third kappa shape index (κ3) is 3.56. The molecule has 3 aromatic rings. The average molecular weight is 366 g/mol. The van der Waals surface area contributed by atoms with Crippen LogP contribution in [-0.2, 0) is 6.54 Å². The van der Waals surface area contributed by atoms with Gasteiger partial charge in [-0.25, -0.2) is 4.98 Å². The number of nitrogens with zero attached hydrogens (tertiary/aromatic N) is 3. The molecule has 0 aliphatic heterocycles. The molecule has 0 spiro atoms. The molecule has 1 aliphatic carbocycles. The van der Waals surface area contributed by atoms with Crippen LogP contribution >= 0.6 is 0 Å². The van der Waals surface area contributed by atoms with Gasteiger partial charge in [-0.15, -0.1) is 0 Å². The number of rotatable bonds is 6. The Hall–Kier alpha value is -2.77. The molecule has 2 heterocycles. The number of pyridine rings is 1. The van der Waals surface area contributed by atoms with Gasteiger partial charge in [0, 0.05) is 18.3 Å². The third-order valence-corrected chi connectivity index (χ3v) is 5.14. The van der Waals surface area contributed by atoms with E-state index in [4.69, 9.17) is 5.11 Å². The predicted molar refractivity (Wildman–Crippen MR) is 100.0 cm³/mol. The number of aliphatic hydroxyl groups is 2. The first-order valence-electron chi connectivity index (χ1n) is 9.11. The number of fused-ring (bicyclic) bond motifs is 1. The number of amides is 1. The fraction of sp³-hybridized carbons (Fsp3) is 0.350. The number of carbonyl (C=O) groups excluding carboxylic acids is 1. The Morgan fingerprint density at radius 3 is 2.81 bits per heavy atom. The monoisotopic (exact) mass is 366 g/mol. The zero-order valence-electron chi connectivity index (χ0n) is 14.8. The Morgan fingerprint density at radius 1 is 1.26 bits per heavy atom. The van der Waals surface area contributed by atoms with Crippen LogP contribution in [0.3, 0.4) is 0 Å². The van der Waals surface area contributed by atoms with Gasteiger partial charge in [-0.1, -0.05) is 6.07 Å². The highest BCUT2D eigenvalue weighted by molar-refractivity contribution is 5.97. The van der Waals surface area contributed by atoms with Crippen LogP contribution in [0.15, 0.2) is 48.9 Å². The molecule has 7 nitrogen and oxygen atoms in total. The van der Waals surface area contributed by atoms with Gasteiger partial charge in [-0.2, -0.15) is 0 Å². The minimum Gasteiger partial charge on any atom is -0.395 e. The van der Waals surface area contributed by atoms with E-state index in [1.54, 1.807) is 24.7 Å². The van der Waals surface area contributed by atoms with Crippen LogP contribution in [-0.4, -0.2) is 43.4 Å². The van der Waals surface area contributed by atoms with Gasteiger partial charge in [0.15, 0.2) is 0 Å². The van der Waals surface area contributed by atoms with E-state index in [1.807, 2.05) is 28.8 Å². The molecule has 4 rings (SSSR count). The summed E-state index contributed by atoms with van der Waals surface area (Å²) in [5, 5.41) is 21.9. The van der Waals surface area contributed by atoms with E-state index < -0.39 is 0 Å². The van der Waals surface area contributed by atoms with E-state index in [1.165, 1.54) is 0 Å². The van der Waals surface area contributed by atoms with Gasteiger partial charge in [-0.3, -0.25) is 9.78 Å². The molecule has 27 heavy (non-hydrogen) atoms. The van der Waals surface area contributed by atoms with Crippen molar-refractivity contribution >= 4 is 16.9 Å². The van der Waals surface area contributed by atoms with E-state index in [0.717, 1.165) is 11.2 Å². The fourth-order valence-electron chi connectivity index (χ4n) is 3.61. The number of hydrogen-bond acceptors (Lipinski definition) is 5. The smallest absolute Gasteiger partial charge is 0.251 e. The van der Waals surface area contributed by atoms with Crippen LogP contribution in [0.1, 0.15) is 34.9 Å². The summed E-state index contributed by atoms with van der Waals surface area (Å²) in [6.07, 6.45) is 4.39. The van der Waals surface area contributed by atoms with Crippen molar-refractivity contribution in [3.8, 4) is 0 Å². The number of imidazole rings is 1. The van der Waals surface area contributed by atoms with Gasteiger partial charge in [0.2, 0.25) is 0 Å². The molecule has 3 N–H and O–H groups in total. The first-order valence-corrected chi connectivity index (χ1v) is 9.11.